The number of ether oxygens (including phenoxy) is 2. The summed E-state index contributed by atoms with van der Waals surface area (Å²) in [6.45, 7) is 9.58. The molecule has 3 heterocycles. The molecule has 37 heavy (non-hydrogen) atoms. The molecule has 2 aromatic heterocycles. The monoisotopic (exact) mass is 520 g/mol. The molecular formula is C29H40N4O3Si. The van der Waals surface area contributed by atoms with Crippen LogP contribution in [0, 0.1) is 0 Å². The Morgan fingerprint density at radius 3 is 2.68 bits per heavy atom. The number of methoxy groups -OCH3 is 1. The summed E-state index contributed by atoms with van der Waals surface area (Å²) in [5, 5.41) is 6.22. The second kappa shape index (κ2) is 9.40. The van der Waals surface area contributed by atoms with Crippen LogP contribution in [0.4, 0.5) is 5.69 Å². The van der Waals surface area contributed by atoms with Crippen molar-refractivity contribution in [3.63, 3.8) is 0 Å². The van der Waals surface area contributed by atoms with Crippen LogP contribution in [0.2, 0.25) is 25.7 Å². The molecule has 6 rings (SSSR count). The van der Waals surface area contributed by atoms with Gasteiger partial charge >= 0.3 is 0 Å². The van der Waals surface area contributed by atoms with E-state index in [1.807, 2.05) is 9.58 Å². The van der Waals surface area contributed by atoms with Crippen LogP contribution in [0.5, 0.6) is 0 Å². The van der Waals surface area contributed by atoms with Gasteiger partial charge in [-0.15, -0.1) is 0 Å². The fourth-order valence-electron chi connectivity index (χ4n) is 6.62. The topological polar surface area (TPSA) is 72.4 Å². The summed E-state index contributed by atoms with van der Waals surface area (Å²) in [7, 11) is 0.598. The Bertz CT molecular complexity index is 1330. The van der Waals surface area contributed by atoms with Crippen LogP contribution in [-0.2, 0) is 39.3 Å². The Balaban J connectivity index is 1.37. The standard InChI is InChI=1S/C29H40N4O3Si/c1-35-13-12-33-25-16-22-21-9-7-8-20-18-32(19-36-14-15-37(2,3)4)31-26(20)27(21)30-24(22)17-23(25)29(28(33)34)10-5-6-11-29/h16-18,30H,5-15,19H2,1-4H3. The van der Waals surface area contributed by atoms with Gasteiger partial charge in [0.05, 0.1) is 17.7 Å². The number of rotatable bonds is 8. The number of carbonyl (C=O) groups is 1. The van der Waals surface area contributed by atoms with Gasteiger partial charge < -0.3 is 19.4 Å². The molecule has 0 atom stereocenters. The van der Waals surface area contributed by atoms with Crippen LogP contribution in [0.1, 0.15) is 48.8 Å². The van der Waals surface area contributed by atoms with Crippen molar-refractivity contribution in [1.82, 2.24) is 14.8 Å². The fraction of sp³-hybridized carbons (Fsp3) is 0.586. The summed E-state index contributed by atoms with van der Waals surface area (Å²) in [6, 6.07) is 5.73. The predicted octanol–water partition coefficient (Wildman–Crippen LogP) is 5.64. The molecule has 1 spiro atoms. The zero-order valence-electron chi connectivity index (χ0n) is 22.8. The van der Waals surface area contributed by atoms with E-state index in [0.717, 1.165) is 80.2 Å². The summed E-state index contributed by atoms with van der Waals surface area (Å²) in [6.07, 6.45) is 9.40. The average molecular weight is 521 g/mol. The van der Waals surface area contributed by atoms with Crippen molar-refractivity contribution in [2.75, 3.05) is 31.8 Å². The summed E-state index contributed by atoms with van der Waals surface area (Å²) < 4.78 is 13.3. The van der Waals surface area contributed by atoms with Crippen molar-refractivity contribution in [1.29, 1.82) is 0 Å². The molecule has 8 heteroatoms. The van der Waals surface area contributed by atoms with E-state index in [1.165, 1.54) is 22.1 Å². The third kappa shape index (κ3) is 4.27. The molecule has 1 fully saturated rings. The first-order valence-corrected chi connectivity index (χ1v) is 17.7. The number of benzene rings is 1. The first-order valence-electron chi connectivity index (χ1n) is 14.0. The summed E-state index contributed by atoms with van der Waals surface area (Å²) in [4.78, 5) is 19.5. The lowest BCUT2D eigenvalue weighted by atomic mass is 9.80. The van der Waals surface area contributed by atoms with Crippen molar-refractivity contribution in [3.8, 4) is 11.4 Å². The highest BCUT2D eigenvalue weighted by Gasteiger charge is 2.52. The first-order chi connectivity index (χ1) is 17.8. The maximum Gasteiger partial charge on any atom is 0.237 e. The number of fused-ring (bicyclic) bond motifs is 7. The lowest BCUT2D eigenvalue weighted by molar-refractivity contribution is -0.123. The number of anilines is 1. The van der Waals surface area contributed by atoms with Gasteiger partial charge in [0.25, 0.3) is 0 Å². The highest BCUT2D eigenvalue weighted by Crippen LogP contribution is 2.53. The van der Waals surface area contributed by atoms with E-state index in [4.69, 9.17) is 14.6 Å². The summed E-state index contributed by atoms with van der Waals surface area (Å²) >= 11 is 0. The van der Waals surface area contributed by atoms with Gasteiger partial charge in [-0.2, -0.15) is 5.10 Å². The number of aromatic amines is 1. The highest BCUT2D eigenvalue weighted by molar-refractivity contribution is 6.76. The molecule has 1 saturated carbocycles. The molecule has 3 aliphatic rings. The minimum Gasteiger partial charge on any atom is -0.383 e. The fourth-order valence-corrected chi connectivity index (χ4v) is 7.37. The molecule has 7 nitrogen and oxygen atoms in total. The van der Waals surface area contributed by atoms with E-state index < -0.39 is 8.07 Å². The van der Waals surface area contributed by atoms with Gasteiger partial charge in [0.2, 0.25) is 5.91 Å². The Hall–Kier alpha value is -2.42. The molecule has 0 saturated heterocycles. The van der Waals surface area contributed by atoms with Crippen LogP contribution in [0.3, 0.4) is 0 Å². The smallest absolute Gasteiger partial charge is 0.237 e. The van der Waals surface area contributed by atoms with E-state index >= 15 is 0 Å². The number of nitrogens with zero attached hydrogens (tertiary/aromatic N) is 3. The molecule has 198 valence electrons. The van der Waals surface area contributed by atoms with E-state index in [0.29, 0.717) is 19.9 Å². The molecule has 2 aliphatic carbocycles. The third-order valence-corrected chi connectivity index (χ3v) is 10.3. The summed E-state index contributed by atoms with van der Waals surface area (Å²) in [5.74, 6) is 0.269. The van der Waals surface area contributed by atoms with Gasteiger partial charge in [-0.05, 0) is 67.0 Å². The van der Waals surface area contributed by atoms with Crippen LogP contribution in [0.15, 0.2) is 18.3 Å². The van der Waals surface area contributed by atoms with Crippen LogP contribution >= 0.6 is 0 Å². The number of amides is 1. The normalized spacial score (nSPS) is 18.5. The Morgan fingerprint density at radius 2 is 1.92 bits per heavy atom. The van der Waals surface area contributed by atoms with Crippen LogP contribution in [0.25, 0.3) is 22.3 Å². The lowest BCUT2D eigenvalue weighted by Gasteiger charge is -2.23. The average Bonchev–Trinajstić information content (AvgIpc) is 3.60. The largest absolute Gasteiger partial charge is 0.383 e. The molecule has 0 radical (unpaired) electrons. The number of hydrogen-bond acceptors (Lipinski definition) is 4. The van der Waals surface area contributed by atoms with Gasteiger partial charge in [-0.3, -0.25) is 4.79 Å². The van der Waals surface area contributed by atoms with Crippen molar-refractivity contribution < 1.29 is 14.3 Å². The minimum absolute atomic E-state index is 0.269. The van der Waals surface area contributed by atoms with E-state index in [2.05, 4.69) is 43.0 Å². The second-order valence-corrected chi connectivity index (χ2v) is 18.0. The van der Waals surface area contributed by atoms with Gasteiger partial charge in [-0.1, -0.05) is 32.5 Å². The molecule has 1 aromatic carbocycles. The molecular weight excluding hydrogens is 480 g/mol. The SMILES string of the molecule is COCCN1C(=O)C2(CCCC2)c2cc3[nH]c4c(c3cc21)CCCc1cn(COCC[Si](C)(C)C)nc1-4. The second-order valence-electron chi connectivity index (χ2n) is 12.4. The Morgan fingerprint density at radius 1 is 1.11 bits per heavy atom. The quantitative estimate of drug-likeness (QED) is 0.308. The number of carbonyl (C=O) groups excluding carboxylic acids is 1. The molecule has 1 amide bonds. The minimum atomic E-state index is -1.11. The van der Waals surface area contributed by atoms with Gasteiger partial charge in [-0.25, -0.2) is 4.68 Å². The van der Waals surface area contributed by atoms with Crippen molar-refractivity contribution in [3.05, 3.63) is 35.0 Å². The lowest BCUT2D eigenvalue weighted by Crippen LogP contribution is -2.39. The molecule has 1 N–H and O–H groups in total. The number of H-pyrrole nitrogens is 1. The maximum atomic E-state index is 13.7. The predicted molar refractivity (Wildman–Crippen MR) is 150 cm³/mol. The number of aryl methyl sites for hydroxylation is 2. The van der Waals surface area contributed by atoms with E-state index in [9.17, 15) is 4.79 Å². The van der Waals surface area contributed by atoms with E-state index in [-0.39, 0.29) is 11.3 Å². The highest BCUT2D eigenvalue weighted by atomic mass is 28.3. The number of hydrogen-bond donors (Lipinski definition) is 1. The van der Waals surface area contributed by atoms with Crippen LogP contribution in [-0.4, -0.2) is 55.6 Å². The van der Waals surface area contributed by atoms with E-state index in [1.54, 1.807) is 7.11 Å². The molecule has 0 bridgehead atoms. The molecule has 3 aromatic rings. The molecule has 1 aliphatic heterocycles. The van der Waals surface area contributed by atoms with Crippen molar-refractivity contribution in [2.24, 2.45) is 0 Å². The number of nitrogens with one attached hydrogen (secondary N) is 1. The number of aromatic nitrogens is 3. The Kier molecular flexibility index (Phi) is 6.32. The Labute approximate surface area is 220 Å². The zero-order valence-corrected chi connectivity index (χ0v) is 23.8. The summed E-state index contributed by atoms with van der Waals surface area (Å²) in [5.41, 5.74) is 7.87. The van der Waals surface area contributed by atoms with Gasteiger partial charge in [0, 0.05) is 51.1 Å². The van der Waals surface area contributed by atoms with Crippen molar-refractivity contribution in [2.45, 2.75) is 82.8 Å². The van der Waals surface area contributed by atoms with Gasteiger partial charge in [0.15, 0.2) is 0 Å². The molecule has 0 unspecified atom stereocenters. The first kappa shape index (κ1) is 24.9. The van der Waals surface area contributed by atoms with Crippen LogP contribution < -0.4 is 4.90 Å². The van der Waals surface area contributed by atoms with Gasteiger partial charge in [0.1, 0.15) is 12.4 Å². The maximum absolute atomic E-state index is 13.7. The zero-order chi connectivity index (χ0) is 25.8. The third-order valence-electron chi connectivity index (χ3n) is 8.63. The van der Waals surface area contributed by atoms with Crippen molar-refractivity contribution >= 4 is 30.6 Å².